The summed E-state index contributed by atoms with van der Waals surface area (Å²) in [6, 6.07) is 0. The van der Waals surface area contributed by atoms with Gasteiger partial charge in [-0.2, -0.15) is 0 Å². The lowest BCUT2D eigenvalue weighted by atomic mass is 10.0. The van der Waals surface area contributed by atoms with E-state index in [1.54, 1.807) is 0 Å². The molecule has 0 aromatic heterocycles. The zero-order valence-electron chi connectivity index (χ0n) is 46.1. The molecule has 0 unspecified atom stereocenters. The third-order valence-corrected chi connectivity index (χ3v) is 13.3. The van der Waals surface area contributed by atoms with Gasteiger partial charge in [-0.3, -0.25) is 14.4 Å². The van der Waals surface area contributed by atoms with Crippen molar-refractivity contribution in [3.8, 4) is 0 Å². The van der Waals surface area contributed by atoms with Crippen LogP contribution in [0.25, 0.3) is 0 Å². The van der Waals surface area contributed by atoms with E-state index >= 15 is 0 Å². The van der Waals surface area contributed by atoms with Crippen molar-refractivity contribution >= 4 is 17.9 Å². The average Bonchev–Trinajstić information content (AvgIpc) is 3.35. The summed E-state index contributed by atoms with van der Waals surface area (Å²) in [6.45, 7) is 6.62. The molecule has 0 fully saturated rings. The van der Waals surface area contributed by atoms with Crippen molar-refractivity contribution in [3.05, 3.63) is 48.6 Å². The molecular weight excluding hydrogens is 853 g/mol. The number of esters is 3. The second kappa shape index (κ2) is 57.9. The van der Waals surface area contributed by atoms with Crippen LogP contribution in [0.5, 0.6) is 0 Å². The van der Waals surface area contributed by atoms with Gasteiger partial charge in [0, 0.05) is 19.3 Å². The van der Waals surface area contributed by atoms with Gasteiger partial charge in [0.25, 0.3) is 0 Å². The molecule has 0 aliphatic heterocycles. The first kappa shape index (κ1) is 66.4. The van der Waals surface area contributed by atoms with Crippen LogP contribution >= 0.6 is 0 Å². The molecule has 0 aliphatic carbocycles. The van der Waals surface area contributed by atoms with Crippen molar-refractivity contribution < 1.29 is 28.6 Å². The third kappa shape index (κ3) is 56.2. The van der Waals surface area contributed by atoms with E-state index in [1.165, 1.54) is 205 Å². The van der Waals surface area contributed by atoms with Crippen LogP contribution in [0.4, 0.5) is 0 Å². The third-order valence-electron chi connectivity index (χ3n) is 13.3. The van der Waals surface area contributed by atoms with Crippen molar-refractivity contribution in [3.63, 3.8) is 0 Å². The van der Waals surface area contributed by atoms with E-state index in [2.05, 4.69) is 69.4 Å². The second-order valence-electron chi connectivity index (χ2n) is 20.3. The van der Waals surface area contributed by atoms with Crippen LogP contribution in [-0.4, -0.2) is 37.2 Å². The molecule has 6 nitrogen and oxygen atoms in total. The standard InChI is InChI=1S/C63H114O6/c1-4-7-10-13-16-19-22-25-27-29-31-33-35-38-41-44-47-50-53-56-62(65)68-59-60(58-67-61(64)55-52-49-46-43-40-37-24-21-18-15-12-9-6-3)69-63(66)57-54-51-48-45-42-39-36-34-32-30-28-26-23-20-17-14-11-8-5-2/h16-17,19-20,25-28,60H,4-15,18,21-24,29-59H2,1-3H3/b19-16-,20-17-,27-25-,28-26-/t60-/m1/s1. The van der Waals surface area contributed by atoms with Gasteiger partial charge >= 0.3 is 17.9 Å². The van der Waals surface area contributed by atoms with E-state index in [9.17, 15) is 14.4 Å². The lowest BCUT2D eigenvalue weighted by Crippen LogP contribution is -2.30. The molecule has 0 spiro atoms. The van der Waals surface area contributed by atoms with E-state index in [-0.39, 0.29) is 31.1 Å². The van der Waals surface area contributed by atoms with Gasteiger partial charge in [0.15, 0.2) is 6.10 Å². The quantitative estimate of drug-likeness (QED) is 0.0262. The summed E-state index contributed by atoms with van der Waals surface area (Å²) in [5.74, 6) is -0.864. The highest BCUT2D eigenvalue weighted by molar-refractivity contribution is 5.71. The van der Waals surface area contributed by atoms with E-state index in [1.807, 2.05) is 0 Å². The highest BCUT2D eigenvalue weighted by Crippen LogP contribution is 2.16. The molecule has 0 N–H and O–H groups in total. The van der Waals surface area contributed by atoms with Crippen LogP contribution in [0.2, 0.25) is 0 Å². The lowest BCUT2D eigenvalue weighted by molar-refractivity contribution is -0.167. The van der Waals surface area contributed by atoms with Crippen molar-refractivity contribution in [2.45, 2.75) is 322 Å². The Labute approximate surface area is 428 Å². The number of hydrogen-bond acceptors (Lipinski definition) is 6. The molecule has 0 bridgehead atoms. The van der Waals surface area contributed by atoms with E-state index < -0.39 is 6.10 Å². The van der Waals surface area contributed by atoms with Crippen LogP contribution < -0.4 is 0 Å². The molecule has 0 heterocycles. The highest BCUT2D eigenvalue weighted by Gasteiger charge is 2.19. The smallest absolute Gasteiger partial charge is 0.306 e. The molecule has 0 rings (SSSR count). The maximum atomic E-state index is 12.9. The largest absolute Gasteiger partial charge is 0.462 e. The highest BCUT2D eigenvalue weighted by atomic mass is 16.6. The van der Waals surface area contributed by atoms with Gasteiger partial charge in [-0.25, -0.2) is 0 Å². The van der Waals surface area contributed by atoms with Crippen LogP contribution in [0.15, 0.2) is 48.6 Å². The van der Waals surface area contributed by atoms with Crippen LogP contribution in [0.3, 0.4) is 0 Å². The minimum Gasteiger partial charge on any atom is -0.462 e. The van der Waals surface area contributed by atoms with Gasteiger partial charge in [-0.1, -0.05) is 262 Å². The van der Waals surface area contributed by atoms with Crippen molar-refractivity contribution in [1.29, 1.82) is 0 Å². The Morgan fingerprint density at radius 1 is 0.290 bits per heavy atom. The van der Waals surface area contributed by atoms with Crippen molar-refractivity contribution in [1.82, 2.24) is 0 Å². The lowest BCUT2D eigenvalue weighted by Gasteiger charge is -2.18. The van der Waals surface area contributed by atoms with Gasteiger partial charge in [0.1, 0.15) is 13.2 Å². The molecule has 0 saturated heterocycles. The molecule has 6 heteroatoms. The summed E-state index contributed by atoms with van der Waals surface area (Å²) in [5.41, 5.74) is 0. The first-order valence-electron chi connectivity index (χ1n) is 30.1. The Morgan fingerprint density at radius 2 is 0.522 bits per heavy atom. The second-order valence-corrected chi connectivity index (χ2v) is 20.3. The normalized spacial score (nSPS) is 12.3. The minimum absolute atomic E-state index is 0.0727. The predicted octanol–water partition coefficient (Wildman–Crippen LogP) is 20.2. The van der Waals surface area contributed by atoms with Crippen LogP contribution in [0.1, 0.15) is 316 Å². The molecule has 0 aromatic carbocycles. The molecule has 0 radical (unpaired) electrons. The summed E-state index contributed by atoms with van der Waals surface area (Å²) in [7, 11) is 0. The van der Waals surface area contributed by atoms with E-state index in [4.69, 9.17) is 14.2 Å². The molecule has 0 saturated carbocycles. The molecular formula is C63H114O6. The Bertz CT molecular complexity index is 1200. The fourth-order valence-corrected chi connectivity index (χ4v) is 8.74. The number of carbonyl (C=O) groups is 3. The summed E-state index contributed by atoms with van der Waals surface area (Å²) in [6.07, 6.45) is 71.0. The Morgan fingerprint density at radius 3 is 0.826 bits per heavy atom. The number of rotatable bonds is 55. The Kier molecular flexibility index (Phi) is 55.7. The zero-order valence-corrected chi connectivity index (χ0v) is 46.1. The minimum atomic E-state index is -0.775. The summed E-state index contributed by atoms with van der Waals surface area (Å²) >= 11 is 0. The predicted molar refractivity (Wildman–Crippen MR) is 298 cm³/mol. The van der Waals surface area contributed by atoms with E-state index in [0.29, 0.717) is 19.3 Å². The first-order chi connectivity index (χ1) is 34.0. The molecule has 69 heavy (non-hydrogen) atoms. The SMILES string of the molecule is CCCCC/C=C\C/C=C\CCCCCCCCCCCC(=O)OC[C@@H](COC(=O)CCCCCCCCCCCCCCC)OC(=O)CCCCCCCCCCC/C=C\C/C=C\CCCCC. The van der Waals surface area contributed by atoms with Gasteiger partial charge in [0.05, 0.1) is 0 Å². The molecule has 0 amide bonds. The monoisotopic (exact) mass is 967 g/mol. The van der Waals surface area contributed by atoms with Crippen molar-refractivity contribution in [2.24, 2.45) is 0 Å². The van der Waals surface area contributed by atoms with Crippen LogP contribution in [-0.2, 0) is 28.6 Å². The maximum Gasteiger partial charge on any atom is 0.306 e. The van der Waals surface area contributed by atoms with Crippen molar-refractivity contribution in [2.75, 3.05) is 13.2 Å². The zero-order chi connectivity index (χ0) is 50.0. The van der Waals surface area contributed by atoms with Gasteiger partial charge < -0.3 is 14.2 Å². The first-order valence-corrected chi connectivity index (χ1v) is 30.1. The van der Waals surface area contributed by atoms with Crippen LogP contribution in [0, 0.1) is 0 Å². The summed E-state index contributed by atoms with van der Waals surface area (Å²) in [4.78, 5) is 38.2. The molecule has 0 aliphatic rings. The van der Waals surface area contributed by atoms with Gasteiger partial charge in [0.2, 0.25) is 0 Å². The average molecular weight is 968 g/mol. The van der Waals surface area contributed by atoms with E-state index in [0.717, 1.165) is 70.6 Å². The Hall–Kier alpha value is -2.63. The van der Waals surface area contributed by atoms with Gasteiger partial charge in [-0.05, 0) is 83.5 Å². The Balaban J connectivity index is 4.34. The molecule has 402 valence electrons. The summed E-state index contributed by atoms with van der Waals surface area (Å²) in [5, 5.41) is 0. The maximum absolute atomic E-state index is 12.9. The topological polar surface area (TPSA) is 78.9 Å². The summed E-state index contributed by atoms with van der Waals surface area (Å²) < 4.78 is 16.9. The number of unbranched alkanes of at least 4 members (excludes halogenated alkanes) is 36. The molecule has 0 aromatic rings. The fourth-order valence-electron chi connectivity index (χ4n) is 8.74. The number of ether oxygens (including phenoxy) is 3. The number of allylic oxidation sites excluding steroid dienone is 8. The molecule has 1 atom stereocenters. The fraction of sp³-hybridized carbons (Fsp3) is 0.825. The number of hydrogen-bond donors (Lipinski definition) is 0. The van der Waals surface area contributed by atoms with Gasteiger partial charge in [-0.15, -0.1) is 0 Å². The number of carbonyl (C=O) groups excluding carboxylic acids is 3.